The number of nitrogens with zero attached hydrogens (tertiary/aromatic N) is 3. The van der Waals surface area contributed by atoms with E-state index in [-0.39, 0.29) is 24.9 Å². The number of carbonyl (C=O) groups excluding carboxylic acids is 1. The molecule has 1 amide bonds. The number of amides is 1. The molecule has 1 unspecified atom stereocenters. The Hall–Kier alpha value is -0.830. The van der Waals surface area contributed by atoms with Crippen LogP contribution in [0.3, 0.4) is 0 Å². The number of ether oxygens (including phenoxy) is 2. The van der Waals surface area contributed by atoms with Crippen molar-refractivity contribution in [1.82, 2.24) is 14.7 Å². The molecule has 0 radical (unpaired) electrons. The van der Waals surface area contributed by atoms with Crippen molar-refractivity contribution >= 4 is 5.91 Å². The molecule has 1 aliphatic carbocycles. The summed E-state index contributed by atoms with van der Waals surface area (Å²) in [5.41, 5.74) is -0.477. The number of hydrogen-bond acceptors (Lipinski definition) is 5. The van der Waals surface area contributed by atoms with Gasteiger partial charge in [-0.2, -0.15) is 0 Å². The number of carbonyl (C=O) groups is 1. The standard InChI is InChI=1S/C19H31F2N3O3/c1-22-4-6-23(7-5-22)12-16-2-3-18(27-16)13-24(8-9-26-14-18)17(25)15-10-19(20,21)11-15/h15-16H,2-14H2,1H3/t16?,18-/m0/s1. The molecular formula is C19H31F2N3O3. The van der Waals surface area contributed by atoms with Crippen LogP contribution >= 0.6 is 0 Å². The monoisotopic (exact) mass is 387 g/mol. The SMILES string of the molecule is CN1CCN(CC2CC[C@]3(COCCN(C(=O)C4CC(F)(F)C4)C3)O2)CC1. The molecule has 4 aliphatic rings. The molecule has 1 saturated carbocycles. The molecule has 2 atom stereocenters. The second-order valence-electron chi connectivity index (χ2n) is 8.84. The third kappa shape index (κ3) is 4.44. The number of alkyl halides is 2. The summed E-state index contributed by atoms with van der Waals surface area (Å²) in [6.07, 6.45) is 1.33. The predicted molar refractivity (Wildman–Crippen MR) is 95.8 cm³/mol. The molecule has 4 rings (SSSR count). The molecule has 3 aliphatic heterocycles. The maximum atomic E-state index is 13.2. The van der Waals surface area contributed by atoms with E-state index in [9.17, 15) is 13.6 Å². The van der Waals surface area contributed by atoms with Crippen LogP contribution in [0.4, 0.5) is 8.78 Å². The van der Waals surface area contributed by atoms with Gasteiger partial charge in [0.25, 0.3) is 0 Å². The summed E-state index contributed by atoms with van der Waals surface area (Å²) in [5, 5.41) is 0. The van der Waals surface area contributed by atoms with Gasteiger partial charge in [-0.05, 0) is 19.9 Å². The molecule has 0 N–H and O–H groups in total. The lowest BCUT2D eigenvalue weighted by molar-refractivity contribution is -0.163. The minimum atomic E-state index is -2.67. The topological polar surface area (TPSA) is 45.2 Å². The first-order chi connectivity index (χ1) is 12.8. The summed E-state index contributed by atoms with van der Waals surface area (Å²) in [4.78, 5) is 19.2. The van der Waals surface area contributed by atoms with Crippen LogP contribution in [0, 0.1) is 5.92 Å². The van der Waals surface area contributed by atoms with Crippen molar-refractivity contribution in [3.05, 3.63) is 0 Å². The van der Waals surface area contributed by atoms with Gasteiger partial charge in [0.05, 0.1) is 25.9 Å². The molecule has 4 fully saturated rings. The molecule has 8 heteroatoms. The molecule has 27 heavy (non-hydrogen) atoms. The van der Waals surface area contributed by atoms with E-state index < -0.39 is 17.4 Å². The highest BCUT2D eigenvalue weighted by atomic mass is 19.3. The first-order valence-electron chi connectivity index (χ1n) is 10.2. The van der Waals surface area contributed by atoms with E-state index in [2.05, 4.69) is 16.8 Å². The van der Waals surface area contributed by atoms with E-state index in [1.54, 1.807) is 4.90 Å². The number of rotatable bonds is 3. The van der Waals surface area contributed by atoms with Gasteiger partial charge in [-0.1, -0.05) is 0 Å². The number of hydrogen-bond donors (Lipinski definition) is 0. The second-order valence-corrected chi connectivity index (χ2v) is 8.84. The lowest BCUT2D eigenvalue weighted by Crippen LogP contribution is -2.52. The van der Waals surface area contributed by atoms with Gasteiger partial charge >= 0.3 is 0 Å². The summed E-state index contributed by atoms with van der Waals surface area (Å²) in [7, 11) is 2.14. The van der Waals surface area contributed by atoms with Gasteiger partial charge in [-0.15, -0.1) is 0 Å². The Balaban J connectivity index is 1.33. The third-order valence-electron chi connectivity index (χ3n) is 6.50. The third-order valence-corrected chi connectivity index (χ3v) is 6.50. The molecule has 6 nitrogen and oxygen atoms in total. The summed E-state index contributed by atoms with van der Waals surface area (Å²) >= 11 is 0. The average Bonchev–Trinajstić information content (AvgIpc) is 2.86. The van der Waals surface area contributed by atoms with Crippen LogP contribution < -0.4 is 0 Å². The van der Waals surface area contributed by atoms with Crippen LogP contribution in [-0.4, -0.2) is 104 Å². The molecule has 1 spiro atoms. The Morgan fingerprint density at radius 3 is 2.59 bits per heavy atom. The van der Waals surface area contributed by atoms with Crippen LogP contribution in [-0.2, 0) is 14.3 Å². The van der Waals surface area contributed by atoms with Gasteiger partial charge in [-0.25, -0.2) is 8.78 Å². The van der Waals surface area contributed by atoms with Crippen LogP contribution in [0.5, 0.6) is 0 Å². The maximum Gasteiger partial charge on any atom is 0.249 e. The van der Waals surface area contributed by atoms with Crippen LogP contribution in [0.1, 0.15) is 25.7 Å². The highest BCUT2D eigenvalue weighted by Gasteiger charge is 2.51. The van der Waals surface area contributed by atoms with Gasteiger partial charge < -0.3 is 19.3 Å². The van der Waals surface area contributed by atoms with Crippen LogP contribution in [0.2, 0.25) is 0 Å². The number of piperazine rings is 1. The molecule has 3 saturated heterocycles. The van der Waals surface area contributed by atoms with E-state index in [1.807, 2.05) is 0 Å². The van der Waals surface area contributed by atoms with Gasteiger partial charge in [-0.3, -0.25) is 9.69 Å². The van der Waals surface area contributed by atoms with Crippen molar-refractivity contribution in [2.24, 2.45) is 5.92 Å². The van der Waals surface area contributed by atoms with E-state index in [0.29, 0.717) is 26.3 Å². The Morgan fingerprint density at radius 2 is 1.89 bits per heavy atom. The normalized spacial score (nSPS) is 36.0. The fourth-order valence-electron chi connectivity index (χ4n) is 4.75. The molecular weight excluding hydrogens is 356 g/mol. The van der Waals surface area contributed by atoms with Gasteiger partial charge in [0.1, 0.15) is 5.60 Å². The van der Waals surface area contributed by atoms with Crippen molar-refractivity contribution in [1.29, 1.82) is 0 Å². The van der Waals surface area contributed by atoms with Gasteiger partial charge in [0.15, 0.2) is 0 Å². The molecule has 3 heterocycles. The Labute approximate surface area is 159 Å². The largest absolute Gasteiger partial charge is 0.377 e. The van der Waals surface area contributed by atoms with Crippen LogP contribution in [0.15, 0.2) is 0 Å². The predicted octanol–water partition coefficient (Wildman–Crippen LogP) is 1.06. The molecule has 0 bridgehead atoms. The fourth-order valence-corrected chi connectivity index (χ4v) is 4.75. The molecule has 0 aromatic rings. The Kier molecular flexibility index (Phi) is 5.44. The van der Waals surface area contributed by atoms with E-state index in [4.69, 9.17) is 9.47 Å². The van der Waals surface area contributed by atoms with Gasteiger partial charge in [0, 0.05) is 58.0 Å². The van der Waals surface area contributed by atoms with E-state index >= 15 is 0 Å². The highest BCUT2D eigenvalue weighted by Crippen LogP contribution is 2.44. The molecule has 154 valence electrons. The molecule has 0 aromatic heterocycles. The first-order valence-corrected chi connectivity index (χ1v) is 10.2. The highest BCUT2D eigenvalue weighted by molar-refractivity contribution is 5.80. The van der Waals surface area contributed by atoms with E-state index in [1.165, 1.54) is 0 Å². The van der Waals surface area contributed by atoms with Crippen LogP contribution in [0.25, 0.3) is 0 Å². The summed E-state index contributed by atoms with van der Waals surface area (Å²) in [5.74, 6) is -3.37. The Bertz CT molecular complexity index is 548. The van der Waals surface area contributed by atoms with Crippen molar-refractivity contribution in [3.63, 3.8) is 0 Å². The smallest absolute Gasteiger partial charge is 0.249 e. The zero-order valence-electron chi connectivity index (χ0n) is 16.2. The second kappa shape index (κ2) is 7.54. The number of likely N-dealkylation sites (N-methyl/N-ethyl adjacent to an activating group) is 1. The number of halogens is 2. The summed E-state index contributed by atoms with van der Waals surface area (Å²) in [6.45, 7) is 7.05. The first kappa shape index (κ1) is 19.5. The Morgan fingerprint density at radius 1 is 1.15 bits per heavy atom. The summed E-state index contributed by atoms with van der Waals surface area (Å²) in [6, 6.07) is 0. The lowest BCUT2D eigenvalue weighted by atomic mass is 9.80. The minimum absolute atomic E-state index is 0.153. The molecule has 0 aromatic carbocycles. The van der Waals surface area contributed by atoms with Crippen molar-refractivity contribution in [3.8, 4) is 0 Å². The zero-order chi connectivity index (χ0) is 19.1. The lowest BCUT2D eigenvalue weighted by Gasteiger charge is -2.39. The van der Waals surface area contributed by atoms with Crippen molar-refractivity contribution < 1.29 is 23.0 Å². The summed E-state index contributed by atoms with van der Waals surface area (Å²) < 4.78 is 38.5. The van der Waals surface area contributed by atoms with Gasteiger partial charge in [0.2, 0.25) is 11.8 Å². The fraction of sp³-hybridized carbons (Fsp3) is 0.947. The van der Waals surface area contributed by atoms with Crippen molar-refractivity contribution in [2.45, 2.75) is 43.3 Å². The average molecular weight is 387 g/mol. The minimum Gasteiger partial charge on any atom is -0.377 e. The van der Waals surface area contributed by atoms with E-state index in [0.717, 1.165) is 45.6 Å². The maximum absolute atomic E-state index is 13.2. The zero-order valence-corrected chi connectivity index (χ0v) is 16.2. The quantitative estimate of drug-likeness (QED) is 0.725. The van der Waals surface area contributed by atoms with Crippen molar-refractivity contribution in [2.75, 3.05) is 66.1 Å².